The minimum atomic E-state index is 0.579. The van der Waals surface area contributed by atoms with Crippen molar-refractivity contribution >= 4 is 40.3 Å². The van der Waals surface area contributed by atoms with Crippen LogP contribution in [0.5, 0.6) is 0 Å². The van der Waals surface area contributed by atoms with Crippen LogP contribution in [0.1, 0.15) is 16.7 Å². The van der Waals surface area contributed by atoms with E-state index >= 15 is 0 Å². The van der Waals surface area contributed by atoms with Gasteiger partial charge < -0.3 is 0 Å². The first kappa shape index (κ1) is 14.5. The van der Waals surface area contributed by atoms with E-state index in [4.69, 9.17) is 35.4 Å². The van der Waals surface area contributed by atoms with Crippen LogP contribution in [0, 0.1) is 6.92 Å². The van der Waals surface area contributed by atoms with Gasteiger partial charge in [-0.15, -0.1) is 0 Å². The molecule has 0 unspecified atom stereocenters. The highest BCUT2D eigenvalue weighted by molar-refractivity contribution is 7.80. The van der Waals surface area contributed by atoms with E-state index in [0.717, 1.165) is 23.3 Å². The molecule has 2 aromatic carbocycles. The molecule has 0 atom stereocenters. The maximum atomic E-state index is 6.00. The van der Waals surface area contributed by atoms with Gasteiger partial charge in [-0.1, -0.05) is 71.3 Å². The largest absolute Gasteiger partial charge is 0.0890 e. The molecule has 0 nitrogen and oxygen atoms in total. The van der Waals surface area contributed by atoms with E-state index in [1.807, 2.05) is 18.2 Å². The van der Waals surface area contributed by atoms with Crippen molar-refractivity contribution in [1.29, 1.82) is 0 Å². The topological polar surface area (TPSA) is 0 Å². The molecule has 0 aromatic heterocycles. The van der Waals surface area contributed by atoms with Gasteiger partial charge in [-0.3, -0.25) is 0 Å². The molecule has 2 aromatic rings. The molecule has 0 heterocycles. The zero-order chi connectivity index (χ0) is 13.8. The van der Waals surface area contributed by atoms with Gasteiger partial charge in [-0.25, -0.2) is 0 Å². The molecule has 0 N–H and O–H groups in total. The van der Waals surface area contributed by atoms with Crippen LogP contribution < -0.4 is 0 Å². The fraction of sp³-hybridized carbons (Fsp3) is 0.188. The van der Waals surface area contributed by atoms with Gasteiger partial charge in [0.05, 0.1) is 10.0 Å². The van der Waals surface area contributed by atoms with E-state index < -0.39 is 0 Å². The molecule has 0 saturated carbocycles. The van der Waals surface area contributed by atoms with Crippen molar-refractivity contribution in [3.8, 4) is 0 Å². The smallest absolute Gasteiger partial charge is 0.0595 e. The minimum Gasteiger partial charge on any atom is -0.0890 e. The summed E-state index contributed by atoms with van der Waals surface area (Å²) in [7, 11) is 0. The molecule has 2 rings (SSSR count). The van der Waals surface area contributed by atoms with Gasteiger partial charge in [-0.05, 0) is 30.2 Å². The van der Waals surface area contributed by atoms with Crippen molar-refractivity contribution in [3.63, 3.8) is 0 Å². The van der Waals surface area contributed by atoms with Crippen LogP contribution in [0.3, 0.4) is 0 Å². The summed E-state index contributed by atoms with van der Waals surface area (Å²) in [5.41, 5.74) is 3.61. The van der Waals surface area contributed by atoms with E-state index in [1.165, 1.54) is 11.1 Å². The van der Waals surface area contributed by atoms with Crippen molar-refractivity contribution < 1.29 is 0 Å². The molecule has 0 spiro atoms. The van der Waals surface area contributed by atoms with Crippen molar-refractivity contribution in [3.05, 3.63) is 69.2 Å². The Hall–Kier alpha value is -0.890. The normalized spacial score (nSPS) is 10.5. The van der Waals surface area contributed by atoms with E-state index in [9.17, 15) is 0 Å². The molecule has 3 heteroatoms. The number of rotatable bonds is 4. The third-order valence-corrected chi connectivity index (χ3v) is 3.93. The summed E-state index contributed by atoms with van der Waals surface area (Å²) >= 11 is 17.3. The molecule has 19 heavy (non-hydrogen) atoms. The lowest BCUT2D eigenvalue weighted by Crippen LogP contribution is -2.04. The van der Waals surface area contributed by atoms with Gasteiger partial charge in [0.25, 0.3) is 0 Å². The van der Waals surface area contributed by atoms with Crippen LogP contribution in [-0.4, -0.2) is 4.86 Å². The van der Waals surface area contributed by atoms with Crippen LogP contribution in [-0.2, 0) is 12.8 Å². The number of halogens is 2. The Labute approximate surface area is 129 Å². The molecular formula is C16H14Cl2S. The fourth-order valence-electron chi connectivity index (χ4n) is 1.87. The lowest BCUT2D eigenvalue weighted by Gasteiger charge is -2.06. The first-order valence-electron chi connectivity index (χ1n) is 6.06. The fourth-order valence-corrected chi connectivity index (χ4v) is 2.53. The molecule has 0 aliphatic heterocycles. The second-order valence-electron chi connectivity index (χ2n) is 4.63. The third-order valence-electron chi connectivity index (χ3n) is 2.91. The average molecular weight is 309 g/mol. The molecule has 0 amide bonds. The standard InChI is InChI=1S/C16H14Cl2S/c1-11-2-4-12(5-3-11)8-14(19)9-13-6-7-15(17)16(18)10-13/h2-7,10H,8-9H2,1H3. The molecule has 98 valence electrons. The lowest BCUT2D eigenvalue weighted by molar-refractivity contribution is 1.25. The quantitative estimate of drug-likeness (QED) is 0.676. The van der Waals surface area contributed by atoms with Gasteiger partial charge in [0, 0.05) is 17.7 Å². The first-order chi connectivity index (χ1) is 9.04. The van der Waals surface area contributed by atoms with E-state index in [1.54, 1.807) is 0 Å². The van der Waals surface area contributed by atoms with Gasteiger partial charge in [0.1, 0.15) is 0 Å². The number of aryl methyl sites for hydroxylation is 1. The maximum Gasteiger partial charge on any atom is 0.0595 e. The summed E-state index contributed by atoms with van der Waals surface area (Å²) in [6.07, 6.45) is 1.57. The highest BCUT2D eigenvalue weighted by Gasteiger charge is 2.04. The van der Waals surface area contributed by atoms with Gasteiger partial charge in [-0.2, -0.15) is 0 Å². The highest BCUT2D eigenvalue weighted by Crippen LogP contribution is 2.23. The lowest BCUT2D eigenvalue weighted by atomic mass is 10.0. The van der Waals surface area contributed by atoms with Crippen LogP contribution >= 0.6 is 35.4 Å². The Morgan fingerprint density at radius 1 is 0.895 bits per heavy atom. The maximum absolute atomic E-state index is 6.00. The predicted octanol–water partition coefficient (Wildman–Crippen LogP) is 5.46. The van der Waals surface area contributed by atoms with Crippen LogP contribution in [0.2, 0.25) is 10.0 Å². The third kappa shape index (κ3) is 4.31. The van der Waals surface area contributed by atoms with Gasteiger partial charge in [0.2, 0.25) is 0 Å². The molecule has 0 radical (unpaired) electrons. The van der Waals surface area contributed by atoms with Crippen molar-refractivity contribution in [2.45, 2.75) is 19.8 Å². The summed E-state index contributed by atoms with van der Waals surface area (Å²) in [6.45, 7) is 2.08. The molecule has 0 saturated heterocycles. The molecule has 0 aliphatic rings. The van der Waals surface area contributed by atoms with Crippen molar-refractivity contribution in [2.24, 2.45) is 0 Å². The Balaban J connectivity index is 2.01. The molecule has 0 bridgehead atoms. The molecule has 0 fully saturated rings. The van der Waals surface area contributed by atoms with Gasteiger partial charge >= 0.3 is 0 Å². The van der Waals surface area contributed by atoms with Gasteiger partial charge in [0.15, 0.2) is 0 Å². The minimum absolute atomic E-state index is 0.579. The summed E-state index contributed by atoms with van der Waals surface area (Å²) < 4.78 is 0. The Morgan fingerprint density at radius 3 is 2.11 bits per heavy atom. The number of benzene rings is 2. The molecular weight excluding hydrogens is 295 g/mol. The second-order valence-corrected chi connectivity index (χ2v) is 6.02. The zero-order valence-corrected chi connectivity index (χ0v) is 12.9. The van der Waals surface area contributed by atoms with E-state index in [0.29, 0.717) is 10.0 Å². The SMILES string of the molecule is Cc1ccc(CC(=S)Cc2ccc(Cl)c(Cl)c2)cc1. The Morgan fingerprint density at radius 2 is 1.47 bits per heavy atom. The Kier molecular flexibility index (Phi) is 4.98. The van der Waals surface area contributed by atoms with Crippen molar-refractivity contribution in [1.82, 2.24) is 0 Å². The van der Waals surface area contributed by atoms with Crippen molar-refractivity contribution in [2.75, 3.05) is 0 Å². The van der Waals surface area contributed by atoms with Crippen LogP contribution in [0.25, 0.3) is 0 Å². The number of hydrogen-bond donors (Lipinski definition) is 0. The number of thiocarbonyl (C=S) groups is 1. The zero-order valence-electron chi connectivity index (χ0n) is 10.6. The first-order valence-corrected chi connectivity index (χ1v) is 7.22. The summed E-state index contributed by atoms with van der Waals surface area (Å²) in [5.74, 6) is 0. The Bertz CT molecular complexity index is 588. The second kappa shape index (κ2) is 6.51. The predicted molar refractivity (Wildman–Crippen MR) is 87.6 cm³/mol. The molecule has 0 aliphatic carbocycles. The van der Waals surface area contributed by atoms with E-state index in [-0.39, 0.29) is 0 Å². The summed E-state index contributed by atoms with van der Waals surface area (Å²) in [6, 6.07) is 14.1. The monoisotopic (exact) mass is 308 g/mol. The summed E-state index contributed by atoms with van der Waals surface area (Å²) in [5, 5.41) is 1.16. The average Bonchev–Trinajstić information content (AvgIpc) is 2.37. The summed E-state index contributed by atoms with van der Waals surface area (Å²) in [4.78, 5) is 1.00. The van der Waals surface area contributed by atoms with Crippen LogP contribution in [0.4, 0.5) is 0 Å². The number of hydrogen-bond acceptors (Lipinski definition) is 1. The van der Waals surface area contributed by atoms with Crippen LogP contribution in [0.15, 0.2) is 42.5 Å². The van der Waals surface area contributed by atoms with E-state index in [2.05, 4.69) is 31.2 Å². The highest BCUT2D eigenvalue weighted by atomic mass is 35.5.